The number of methoxy groups -OCH3 is 1. The summed E-state index contributed by atoms with van der Waals surface area (Å²) in [6, 6.07) is 6.35. The van der Waals surface area contributed by atoms with Crippen LogP contribution >= 0.6 is 23.1 Å². The molecule has 8 nitrogen and oxygen atoms in total. The largest absolute Gasteiger partial charge is 0.452 e. The number of benzene rings is 1. The van der Waals surface area contributed by atoms with Crippen molar-refractivity contribution in [3.8, 4) is 0 Å². The number of aromatic nitrogens is 1. The van der Waals surface area contributed by atoms with Crippen molar-refractivity contribution >= 4 is 41.0 Å². The molecule has 0 bridgehead atoms. The van der Waals surface area contributed by atoms with Crippen LogP contribution in [0.2, 0.25) is 0 Å². The minimum Gasteiger partial charge on any atom is -0.452 e. The van der Waals surface area contributed by atoms with E-state index in [2.05, 4.69) is 15.6 Å². The maximum atomic E-state index is 12.3. The van der Waals surface area contributed by atoms with Gasteiger partial charge in [-0.25, -0.2) is 14.6 Å². The molecule has 28 heavy (non-hydrogen) atoms. The first-order valence-corrected chi connectivity index (χ1v) is 10.2. The molecule has 1 aromatic heterocycles. The van der Waals surface area contributed by atoms with E-state index in [1.807, 2.05) is 24.4 Å². The third-order valence-corrected chi connectivity index (χ3v) is 5.55. The van der Waals surface area contributed by atoms with Gasteiger partial charge in [0.15, 0.2) is 6.61 Å². The summed E-state index contributed by atoms with van der Waals surface area (Å²) in [6.45, 7) is 1.96. The van der Waals surface area contributed by atoms with Gasteiger partial charge in [-0.2, -0.15) is 0 Å². The first kappa shape index (κ1) is 21.9. The molecule has 3 amide bonds. The van der Waals surface area contributed by atoms with Gasteiger partial charge in [0.25, 0.3) is 5.91 Å². The number of urea groups is 1. The third kappa shape index (κ3) is 7.29. The first-order valence-electron chi connectivity index (χ1n) is 8.36. The standard InChI is InChI=1S/C18H21N3O5S2/c1-12-10-27-18(20-12)28-11-13-5-3-4-6-14(13)16(23)26-9-15(22)21-17(24)19-7-8-25-2/h3-6,10H,7-9,11H2,1-2H3,(H2,19,21,22,24). The lowest BCUT2D eigenvalue weighted by Crippen LogP contribution is -2.42. The Labute approximate surface area is 171 Å². The number of esters is 1. The van der Waals surface area contributed by atoms with Gasteiger partial charge in [-0.1, -0.05) is 30.0 Å². The second-order valence-electron chi connectivity index (χ2n) is 5.57. The van der Waals surface area contributed by atoms with E-state index in [9.17, 15) is 14.4 Å². The van der Waals surface area contributed by atoms with E-state index in [-0.39, 0.29) is 6.54 Å². The molecule has 150 valence electrons. The lowest BCUT2D eigenvalue weighted by Gasteiger charge is -2.09. The van der Waals surface area contributed by atoms with Crippen LogP contribution in [-0.2, 0) is 20.0 Å². The average molecular weight is 424 g/mol. The lowest BCUT2D eigenvalue weighted by molar-refractivity contribution is -0.123. The number of carbonyl (C=O) groups is 3. The molecule has 0 aliphatic rings. The highest BCUT2D eigenvalue weighted by Gasteiger charge is 2.16. The Morgan fingerprint density at radius 3 is 2.75 bits per heavy atom. The van der Waals surface area contributed by atoms with Crippen LogP contribution in [0, 0.1) is 6.92 Å². The van der Waals surface area contributed by atoms with Crippen LogP contribution in [0.4, 0.5) is 4.79 Å². The molecule has 1 heterocycles. The highest BCUT2D eigenvalue weighted by molar-refractivity contribution is 8.00. The Bertz CT molecular complexity index is 825. The number of thiazole rings is 1. The van der Waals surface area contributed by atoms with Crippen molar-refractivity contribution in [3.05, 3.63) is 46.5 Å². The highest BCUT2D eigenvalue weighted by atomic mass is 32.2. The number of rotatable bonds is 9. The summed E-state index contributed by atoms with van der Waals surface area (Å²) in [5, 5.41) is 6.47. The molecule has 0 aliphatic heterocycles. The zero-order valence-corrected chi connectivity index (χ0v) is 17.2. The molecule has 0 spiro atoms. The van der Waals surface area contributed by atoms with Gasteiger partial charge in [0.1, 0.15) is 4.34 Å². The Kier molecular flexibility index (Phi) is 8.92. The van der Waals surface area contributed by atoms with Crippen LogP contribution in [-0.4, -0.2) is 49.8 Å². The van der Waals surface area contributed by atoms with E-state index in [0.29, 0.717) is 17.9 Å². The summed E-state index contributed by atoms with van der Waals surface area (Å²) in [7, 11) is 1.50. The molecule has 0 radical (unpaired) electrons. The Morgan fingerprint density at radius 2 is 2.04 bits per heavy atom. The van der Waals surface area contributed by atoms with Crippen LogP contribution in [0.5, 0.6) is 0 Å². The van der Waals surface area contributed by atoms with E-state index in [4.69, 9.17) is 9.47 Å². The summed E-state index contributed by atoms with van der Waals surface area (Å²) in [6.07, 6.45) is 0. The van der Waals surface area contributed by atoms with Crippen molar-refractivity contribution in [2.75, 3.05) is 26.9 Å². The van der Waals surface area contributed by atoms with E-state index < -0.39 is 24.5 Å². The third-order valence-electron chi connectivity index (χ3n) is 3.37. The van der Waals surface area contributed by atoms with Crippen molar-refractivity contribution in [2.45, 2.75) is 17.0 Å². The molecular formula is C18H21N3O5S2. The molecule has 0 aliphatic carbocycles. The van der Waals surface area contributed by atoms with Crippen molar-refractivity contribution in [3.63, 3.8) is 0 Å². The molecular weight excluding hydrogens is 402 g/mol. The monoisotopic (exact) mass is 423 g/mol. The van der Waals surface area contributed by atoms with Crippen LogP contribution in [0.3, 0.4) is 0 Å². The van der Waals surface area contributed by atoms with E-state index in [1.54, 1.807) is 23.5 Å². The van der Waals surface area contributed by atoms with Crippen LogP contribution in [0.25, 0.3) is 0 Å². The number of imide groups is 1. The predicted octanol–water partition coefficient (Wildman–Crippen LogP) is 2.37. The minimum absolute atomic E-state index is 0.263. The van der Waals surface area contributed by atoms with E-state index in [0.717, 1.165) is 15.6 Å². The fraction of sp³-hybridized carbons (Fsp3) is 0.333. The lowest BCUT2D eigenvalue weighted by atomic mass is 10.1. The molecule has 1 aromatic carbocycles. The van der Waals surface area contributed by atoms with Crippen molar-refractivity contribution in [1.29, 1.82) is 0 Å². The second kappa shape index (κ2) is 11.4. The topological polar surface area (TPSA) is 107 Å². The maximum Gasteiger partial charge on any atom is 0.338 e. The van der Waals surface area contributed by atoms with E-state index >= 15 is 0 Å². The quantitative estimate of drug-likeness (QED) is 0.362. The summed E-state index contributed by atoms with van der Waals surface area (Å²) in [4.78, 5) is 39.9. The first-order chi connectivity index (χ1) is 13.5. The highest BCUT2D eigenvalue weighted by Crippen LogP contribution is 2.27. The number of amides is 3. The molecule has 10 heteroatoms. The number of ether oxygens (including phenoxy) is 2. The van der Waals surface area contributed by atoms with Gasteiger partial charge < -0.3 is 14.8 Å². The zero-order chi connectivity index (χ0) is 20.4. The van der Waals surface area contributed by atoms with Crippen molar-refractivity contribution in [1.82, 2.24) is 15.6 Å². The maximum absolute atomic E-state index is 12.3. The number of nitrogens with one attached hydrogen (secondary N) is 2. The van der Waals surface area contributed by atoms with Gasteiger partial charge >= 0.3 is 12.0 Å². The van der Waals surface area contributed by atoms with Gasteiger partial charge in [-0.05, 0) is 18.6 Å². The molecule has 0 saturated heterocycles. The Hall–Kier alpha value is -2.43. The molecule has 2 aromatic rings. The number of carbonyl (C=O) groups excluding carboxylic acids is 3. The molecule has 0 saturated carbocycles. The van der Waals surface area contributed by atoms with Gasteiger partial charge in [-0.15, -0.1) is 11.3 Å². The molecule has 2 N–H and O–H groups in total. The van der Waals surface area contributed by atoms with Gasteiger partial charge in [-0.3, -0.25) is 10.1 Å². The summed E-state index contributed by atoms with van der Waals surface area (Å²) in [5.74, 6) is -0.790. The zero-order valence-electron chi connectivity index (χ0n) is 15.5. The van der Waals surface area contributed by atoms with Gasteiger partial charge in [0.05, 0.1) is 12.2 Å². The molecule has 0 fully saturated rings. The predicted molar refractivity (Wildman–Crippen MR) is 107 cm³/mol. The summed E-state index contributed by atoms with van der Waals surface area (Å²) in [5.41, 5.74) is 2.11. The second-order valence-corrected chi connectivity index (χ2v) is 7.65. The van der Waals surface area contributed by atoms with Gasteiger partial charge in [0.2, 0.25) is 0 Å². The molecule has 0 atom stereocenters. The van der Waals surface area contributed by atoms with Crippen LogP contribution in [0.1, 0.15) is 21.6 Å². The number of aryl methyl sites for hydroxylation is 1. The number of hydrogen-bond acceptors (Lipinski definition) is 8. The fourth-order valence-corrected chi connectivity index (χ4v) is 3.92. The number of thioether (sulfide) groups is 1. The fourth-order valence-electron chi connectivity index (χ4n) is 2.07. The Balaban J connectivity index is 1.84. The Morgan fingerprint density at radius 1 is 1.25 bits per heavy atom. The van der Waals surface area contributed by atoms with Crippen LogP contribution in [0.15, 0.2) is 34.0 Å². The summed E-state index contributed by atoms with van der Waals surface area (Å²) >= 11 is 3.07. The van der Waals surface area contributed by atoms with Crippen molar-refractivity contribution < 1.29 is 23.9 Å². The minimum atomic E-state index is -0.714. The molecule has 2 rings (SSSR count). The number of nitrogens with zero attached hydrogens (tertiary/aromatic N) is 1. The SMILES string of the molecule is COCCNC(=O)NC(=O)COC(=O)c1ccccc1CSc1nc(C)cs1. The smallest absolute Gasteiger partial charge is 0.338 e. The van der Waals surface area contributed by atoms with E-state index in [1.165, 1.54) is 18.9 Å². The molecule has 0 unspecified atom stereocenters. The van der Waals surface area contributed by atoms with Gasteiger partial charge in [0, 0.05) is 30.5 Å². The number of hydrogen-bond donors (Lipinski definition) is 2. The average Bonchev–Trinajstić information content (AvgIpc) is 3.10. The summed E-state index contributed by atoms with van der Waals surface area (Å²) < 4.78 is 10.7. The van der Waals surface area contributed by atoms with Crippen molar-refractivity contribution in [2.24, 2.45) is 0 Å². The normalized spacial score (nSPS) is 10.4. The van der Waals surface area contributed by atoms with Crippen LogP contribution < -0.4 is 10.6 Å².